The van der Waals surface area contributed by atoms with E-state index in [4.69, 9.17) is 9.98 Å². The zero-order chi connectivity index (χ0) is 48.0. The first kappa shape index (κ1) is 52.8. The molecule has 0 saturated carbocycles. The van der Waals surface area contributed by atoms with E-state index in [0.717, 1.165) is 57.4 Å². The Morgan fingerprint density at radius 1 is 0.765 bits per heavy atom. The van der Waals surface area contributed by atoms with Gasteiger partial charge in [0.15, 0.2) is 11.7 Å². The van der Waals surface area contributed by atoms with Crippen molar-refractivity contribution in [1.29, 1.82) is 0 Å². The molecule has 3 nitrogen and oxygen atoms in total. The van der Waals surface area contributed by atoms with Crippen LogP contribution in [0.25, 0.3) is 50.8 Å². The summed E-state index contributed by atoms with van der Waals surface area (Å²) in [5.74, 6) is 1.67. The third-order valence-electron chi connectivity index (χ3n) is 12.1. The van der Waals surface area contributed by atoms with E-state index in [0.29, 0.717) is 24.1 Å². The van der Waals surface area contributed by atoms with Gasteiger partial charge in [0.1, 0.15) is 0 Å². The third-order valence-corrected chi connectivity index (χ3v) is 12.8. The fourth-order valence-electron chi connectivity index (χ4n) is 8.58. The fraction of sp³-hybridized carbons (Fsp3) is 0.222. The highest BCUT2D eigenvalue weighted by molar-refractivity contribution is 7.59. The van der Waals surface area contributed by atoms with Crippen LogP contribution in [0.3, 0.4) is 0 Å². The summed E-state index contributed by atoms with van der Waals surface area (Å²) >= 11 is 0. The van der Waals surface area contributed by atoms with Gasteiger partial charge in [0.2, 0.25) is 0 Å². The predicted octanol–water partition coefficient (Wildman–Crippen LogP) is 16.7. The van der Waals surface area contributed by atoms with Crippen LogP contribution in [0.2, 0.25) is 0 Å². The van der Waals surface area contributed by atoms with Gasteiger partial charge in [-0.3, -0.25) is 4.99 Å². The molecule has 2 unspecified atom stereocenters. The molecule has 0 heterocycles. The summed E-state index contributed by atoms with van der Waals surface area (Å²) in [4.78, 5) is 14.6. The number of nitrogens with zero attached hydrogens (tertiary/aromatic N) is 3. The van der Waals surface area contributed by atoms with Crippen molar-refractivity contribution in [2.24, 2.45) is 20.9 Å². The van der Waals surface area contributed by atoms with Crippen LogP contribution in [-0.2, 0) is 12.8 Å². The highest BCUT2D eigenvalue weighted by atomic mass is 32.1. The van der Waals surface area contributed by atoms with E-state index in [1.807, 2.05) is 32.9 Å². The minimum atomic E-state index is 0. The van der Waals surface area contributed by atoms with Crippen molar-refractivity contribution in [3.8, 4) is 22.3 Å². The summed E-state index contributed by atoms with van der Waals surface area (Å²) in [6.45, 7) is 25.4. The first-order valence-corrected chi connectivity index (χ1v) is 24.4. The van der Waals surface area contributed by atoms with E-state index >= 15 is 0 Å². The van der Waals surface area contributed by atoms with Crippen molar-refractivity contribution < 1.29 is 0 Å². The van der Waals surface area contributed by atoms with Gasteiger partial charge in [-0.1, -0.05) is 184 Å². The van der Waals surface area contributed by atoms with Gasteiger partial charge >= 0.3 is 0 Å². The summed E-state index contributed by atoms with van der Waals surface area (Å²) in [5, 5.41) is 3.87. The molecule has 0 aliphatic heterocycles. The van der Waals surface area contributed by atoms with Crippen LogP contribution >= 0.6 is 22.7 Å². The second kappa shape index (κ2) is 25.3. The Labute approximate surface area is 417 Å². The molecule has 0 aromatic heterocycles. The van der Waals surface area contributed by atoms with Crippen molar-refractivity contribution in [1.82, 2.24) is 0 Å². The molecule has 0 radical (unpaired) electrons. The van der Waals surface area contributed by atoms with Crippen LogP contribution in [0.15, 0.2) is 183 Å². The van der Waals surface area contributed by atoms with Gasteiger partial charge in [0.25, 0.3) is 0 Å². The Morgan fingerprint density at radius 2 is 1.50 bits per heavy atom. The Balaban J connectivity index is 0.00000284. The number of aliphatic imine (C=N–C) groups is 3. The van der Waals surface area contributed by atoms with Crippen molar-refractivity contribution in [2.75, 3.05) is 6.54 Å². The Kier molecular flexibility index (Phi) is 19.6. The summed E-state index contributed by atoms with van der Waals surface area (Å²) < 4.78 is 0. The molecule has 1 aliphatic carbocycles. The lowest BCUT2D eigenvalue weighted by Gasteiger charge is -2.21. The molecule has 1 aliphatic rings. The van der Waals surface area contributed by atoms with Crippen LogP contribution in [0.1, 0.15) is 99.9 Å². The zero-order valence-corrected chi connectivity index (χ0v) is 44.1. The first-order chi connectivity index (χ1) is 32.5. The van der Waals surface area contributed by atoms with E-state index in [-0.39, 0.29) is 13.5 Å². The topological polar surface area (TPSA) is 37.1 Å². The first-order valence-electron chi connectivity index (χ1n) is 23.8. The molecule has 0 spiro atoms. The van der Waals surface area contributed by atoms with E-state index < -0.39 is 0 Å². The van der Waals surface area contributed by atoms with Crippen molar-refractivity contribution in [2.45, 2.75) is 82.1 Å². The standard InChI is InChI=1S/C61H62N3P.C2H6.H2S/c1-10-44(39-63-61(47(12-3)32-40(4)5)64-60(62-9)52-20-13-16-41(6)33-52)36-50(25-24-45-17-14-19-51(37-45)55-21-15-18-46(11-2)59(55)65)48-26-28-49(29-27-48)57-38-53-34-42(7)22-30-54(53)58-35-43(8)23-31-56(57)58;1-2;/h10,12-33,35-38,42H,9,11,34,39,65H2,1-8H3;1-2H3;1H2/b25-24+,44-10+,47-12+,50-36+,63-61?,64-60?;;. The van der Waals surface area contributed by atoms with Gasteiger partial charge in [-0.25, -0.2) is 9.98 Å². The molecule has 6 aromatic carbocycles. The molecular weight excluding hydrogens is 862 g/mol. The maximum Gasteiger partial charge on any atom is 0.161 e. The lowest BCUT2D eigenvalue weighted by atomic mass is 9.83. The maximum atomic E-state index is 5.20. The molecule has 0 fully saturated rings. The van der Waals surface area contributed by atoms with Crippen molar-refractivity contribution in [3.05, 3.63) is 213 Å². The summed E-state index contributed by atoms with van der Waals surface area (Å²) in [6, 6.07) is 42.0. The minimum Gasteiger partial charge on any atom is -0.261 e. The van der Waals surface area contributed by atoms with Crippen LogP contribution in [0.5, 0.6) is 0 Å². The number of rotatable bonds is 12. The van der Waals surface area contributed by atoms with Crippen LogP contribution in [0.4, 0.5) is 0 Å². The zero-order valence-electron chi connectivity index (χ0n) is 41.9. The van der Waals surface area contributed by atoms with Crippen LogP contribution in [0, 0.1) is 19.8 Å². The third kappa shape index (κ3) is 13.1. The molecule has 68 heavy (non-hydrogen) atoms. The highest BCUT2D eigenvalue weighted by Gasteiger charge is 2.17. The number of hydrogen-bond acceptors (Lipinski definition) is 1. The average Bonchev–Trinajstić information content (AvgIpc) is 3.34. The number of allylic oxidation sites excluding steroid dienone is 6. The molecule has 2 atom stereocenters. The van der Waals surface area contributed by atoms with Crippen molar-refractivity contribution >= 4 is 74.9 Å². The van der Waals surface area contributed by atoms with Gasteiger partial charge in [-0.15, -0.1) is 9.24 Å². The van der Waals surface area contributed by atoms with Crippen LogP contribution < -0.4 is 5.30 Å². The van der Waals surface area contributed by atoms with Gasteiger partial charge in [-0.05, 0) is 169 Å². The van der Waals surface area contributed by atoms with Gasteiger partial charge in [0.05, 0.1) is 6.54 Å². The molecule has 7 rings (SSSR count). The Bertz CT molecular complexity index is 3000. The quantitative estimate of drug-likeness (QED) is 0.0508. The summed E-state index contributed by atoms with van der Waals surface area (Å²) in [6.07, 6.45) is 19.8. The van der Waals surface area contributed by atoms with E-state index in [9.17, 15) is 0 Å². The summed E-state index contributed by atoms with van der Waals surface area (Å²) in [7, 11) is 2.98. The molecule has 0 amide bonds. The number of hydrogen-bond donors (Lipinski definition) is 0. The lowest BCUT2D eigenvalue weighted by Crippen LogP contribution is -2.07. The van der Waals surface area contributed by atoms with Gasteiger partial charge < -0.3 is 0 Å². The lowest BCUT2D eigenvalue weighted by molar-refractivity contribution is 0.718. The number of fused-ring (bicyclic) bond motifs is 3. The van der Waals surface area contributed by atoms with E-state index in [1.165, 1.54) is 60.6 Å². The average molecular weight is 932 g/mol. The van der Waals surface area contributed by atoms with Gasteiger partial charge in [-0.2, -0.15) is 13.5 Å². The number of aryl methyl sites for hydroxylation is 3. The Morgan fingerprint density at radius 3 is 2.19 bits per heavy atom. The molecule has 0 N–H and O–H groups in total. The molecule has 348 valence electrons. The molecule has 0 bridgehead atoms. The Hall–Kier alpha value is -6.19. The van der Waals surface area contributed by atoms with Crippen molar-refractivity contribution in [3.63, 3.8) is 0 Å². The molecular formula is C63H70N3PS. The minimum absolute atomic E-state index is 0. The van der Waals surface area contributed by atoms with Crippen LogP contribution in [-0.4, -0.2) is 24.9 Å². The molecule has 5 heteroatoms. The highest BCUT2D eigenvalue weighted by Crippen LogP contribution is 2.38. The predicted molar refractivity (Wildman–Crippen MR) is 312 cm³/mol. The fourth-order valence-corrected chi connectivity index (χ4v) is 9.14. The SMILES string of the molecule is C=NC(=NC(=NCC(=C/C)/C=C(\C=C\c1cccc(-c2cccc(CC)c2P)c1)c1ccc(-c2cc3c(c4cc(C)ccc24)C=CC(C)C3)cc1)/C(C=C(C)C)=C/C)c1cccc(C)c1.CC.S. The maximum absolute atomic E-state index is 5.20. The second-order valence-corrected chi connectivity index (χ2v) is 18.0. The smallest absolute Gasteiger partial charge is 0.161 e. The number of amidine groups is 2. The normalized spacial score (nSPS) is 14.3. The molecule has 0 saturated heterocycles. The second-order valence-electron chi connectivity index (χ2n) is 17.4. The largest absolute Gasteiger partial charge is 0.261 e. The monoisotopic (exact) mass is 932 g/mol. The summed E-state index contributed by atoms with van der Waals surface area (Å²) in [5.41, 5.74) is 18.9. The molecule has 6 aromatic rings. The van der Waals surface area contributed by atoms with E-state index in [1.54, 1.807) is 0 Å². The van der Waals surface area contributed by atoms with Gasteiger partial charge in [0, 0.05) is 11.1 Å². The van der Waals surface area contributed by atoms with E-state index in [2.05, 4.69) is 221 Å². The number of benzene rings is 6.